The first-order chi connectivity index (χ1) is 11.1. The second kappa shape index (κ2) is 6.60. The summed E-state index contributed by atoms with van der Waals surface area (Å²) in [6, 6.07) is 1.98. The van der Waals surface area contributed by atoms with E-state index in [1.54, 1.807) is 20.3 Å². The fourth-order valence-electron chi connectivity index (χ4n) is 2.99. The van der Waals surface area contributed by atoms with Crippen LogP contribution in [-0.4, -0.2) is 61.2 Å². The lowest BCUT2D eigenvalue weighted by molar-refractivity contribution is -0.133. The molecule has 0 bridgehead atoms. The first-order valence-electron chi connectivity index (χ1n) is 8.11. The molecule has 0 spiro atoms. The quantitative estimate of drug-likeness (QED) is 0.815. The molecule has 1 saturated carbocycles. The van der Waals surface area contributed by atoms with E-state index in [9.17, 15) is 4.79 Å². The number of hydrogen-bond donors (Lipinski definition) is 0. The minimum atomic E-state index is 0.281. The lowest BCUT2D eigenvalue weighted by Gasteiger charge is -2.37. The molecule has 1 aromatic rings. The van der Waals surface area contributed by atoms with Gasteiger partial charge in [-0.25, -0.2) is 0 Å². The van der Waals surface area contributed by atoms with Crippen LogP contribution in [-0.2, 0) is 4.79 Å². The summed E-state index contributed by atoms with van der Waals surface area (Å²) in [7, 11) is 5.10. The summed E-state index contributed by atoms with van der Waals surface area (Å²) in [6.45, 7) is 1.65. The van der Waals surface area contributed by atoms with Crippen LogP contribution in [0.5, 0.6) is 11.8 Å². The van der Waals surface area contributed by atoms with Crippen molar-refractivity contribution < 1.29 is 14.3 Å². The van der Waals surface area contributed by atoms with Crippen LogP contribution in [0.2, 0.25) is 0 Å². The average molecular weight is 320 g/mol. The molecule has 1 aromatic heterocycles. The van der Waals surface area contributed by atoms with Crippen LogP contribution in [0.25, 0.3) is 0 Å². The van der Waals surface area contributed by atoms with Crippen molar-refractivity contribution in [1.29, 1.82) is 0 Å². The van der Waals surface area contributed by atoms with Gasteiger partial charge < -0.3 is 19.3 Å². The molecule has 0 atom stereocenters. The van der Waals surface area contributed by atoms with Gasteiger partial charge in [-0.3, -0.25) is 4.79 Å². The van der Waals surface area contributed by atoms with E-state index in [4.69, 9.17) is 9.47 Å². The molecule has 1 saturated heterocycles. The van der Waals surface area contributed by atoms with E-state index < -0.39 is 0 Å². The smallest absolute Gasteiger partial charge is 0.231 e. The van der Waals surface area contributed by atoms with Crippen LogP contribution in [0.3, 0.4) is 0 Å². The Labute approximate surface area is 136 Å². The normalized spacial score (nSPS) is 18.7. The SMILES string of the molecule is COc1cc(OC)nc(N2CCC(N(C)C(=O)C3CC3)CC2)n1. The molecule has 2 heterocycles. The van der Waals surface area contributed by atoms with Gasteiger partial charge >= 0.3 is 0 Å². The molecular weight excluding hydrogens is 296 g/mol. The molecule has 1 aliphatic carbocycles. The van der Waals surface area contributed by atoms with E-state index in [2.05, 4.69) is 14.9 Å². The summed E-state index contributed by atoms with van der Waals surface area (Å²) in [5, 5.41) is 0. The van der Waals surface area contributed by atoms with Gasteiger partial charge in [-0.15, -0.1) is 0 Å². The van der Waals surface area contributed by atoms with Crippen molar-refractivity contribution in [1.82, 2.24) is 14.9 Å². The minimum Gasteiger partial charge on any atom is -0.481 e. The summed E-state index contributed by atoms with van der Waals surface area (Å²) < 4.78 is 10.4. The number of aromatic nitrogens is 2. The first kappa shape index (κ1) is 15.8. The van der Waals surface area contributed by atoms with Crippen molar-refractivity contribution in [3.8, 4) is 11.8 Å². The average Bonchev–Trinajstić information content (AvgIpc) is 3.45. The molecule has 126 valence electrons. The number of rotatable bonds is 5. The van der Waals surface area contributed by atoms with E-state index in [1.807, 2.05) is 11.9 Å². The lowest BCUT2D eigenvalue weighted by atomic mass is 10.0. The van der Waals surface area contributed by atoms with E-state index in [1.165, 1.54) is 0 Å². The van der Waals surface area contributed by atoms with Crippen LogP contribution in [0.4, 0.5) is 5.95 Å². The Morgan fingerprint density at radius 2 is 1.70 bits per heavy atom. The monoisotopic (exact) mass is 320 g/mol. The van der Waals surface area contributed by atoms with Crippen molar-refractivity contribution in [2.45, 2.75) is 31.7 Å². The molecule has 1 aliphatic heterocycles. The van der Waals surface area contributed by atoms with Crippen molar-refractivity contribution in [3.05, 3.63) is 6.07 Å². The molecule has 7 heteroatoms. The predicted molar refractivity (Wildman–Crippen MR) is 85.9 cm³/mol. The lowest BCUT2D eigenvalue weighted by Crippen LogP contribution is -2.46. The highest BCUT2D eigenvalue weighted by molar-refractivity contribution is 5.81. The Morgan fingerprint density at radius 3 is 2.17 bits per heavy atom. The van der Waals surface area contributed by atoms with Gasteiger partial charge in [0, 0.05) is 32.1 Å². The second-order valence-electron chi connectivity index (χ2n) is 6.19. The minimum absolute atomic E-state index is 0.281. The van der Waals surface area contributed by atoms with E-state index in [-0.39, 0.29) is 5.92 Å². The maximum atomic E-state index is 12.2. The molecule has 23 heavy (non-hydrogen) atoms. The topological polar surface area (TPSA) is 67.8 Å². The van der Waals surface area contributed by atoms with Gasteiger partial charge in [0.25, 0.3) is 0 Å². The van der Waals surface area contributed by atoms with Gasteiger partial charge in [0.2, 0.25) is 23.6 Å². The molecule has 7 nitrogen and oxygen atoms in total. The Bertz CT molecular complexity index is 546. The van der Waals surface area contributed by atoms with Crippen LogP contribution in [0.1, 0.15) is 25.7 Å². The Hall–Kier alpha value is -2.05. The van der Waals surface area contributed by atoms with Crippen molar-refractivity contribution in [2.75, 3.05) is 39.3 Å². The van der Waals surface area contributed by atoms with Gasteiger partial charge in [0.05, 0.1) is 20.3 Å². The summed E-state index contributed by atoms with van der Waals surface area (Å²) in [5.41, 5.74) is 0. The molecule has 2 aliphatic rings. The van der Waals surface area contributed by atoms with Gasteiger partial charge in [-0.2, -0.15) is 9.97 Å². The van der Waals surface area contributed by atoms with E-state index in [0.717, 1.165) is 38.8 Å². The van der Waals surface area contributed by atoms with Crippen LogP contribution in [0.15, 0.2) is 6.07 Å². The maximum Gasteiger partial charge on any atom is 0.231 e. The maximum absolute atomic E-state index is 12.2. The van der Waals surface area contributed by atoms with Gasteiger partial charge in [0.15, 0.2) is 0 Å². The summed E-state index contributed by atoms with van der Waals surface area (Å²) in [5.74, 6) is 2.20. The zero-order valence-corrected chi connectivity index (χ0v) is 14.0. The van der Waals surface area contributed by atoms with Crippen molar-refractivity contribution >= 4 is 11.9 Å². The third-order valence-corrected chi connectivity index (χ3v) is 4.65. The largest absolute Gasteiger partial charge is 0.481 e. The van der Waals surface area contributed by atoms with Gasteiger partial charge in [-0.05, 0) is 25.7 Å². The van der Waals surface area contributed by atoms with Crippen LogP contribution < -0.4 is 14.4 Å². The van der Waals surface area contributed by atoms with Gasteiger partial charge in [-0.1, -0.05) is 0 Å². The van der Waals surface area contributed by atoms with Crippen molar-refractivity contribution in [3.63, 3.8) is 0 Å². The zero-order chi connectivity index (χ0) is 16.4. The molecular formula is C16H24N4O3. The molecule has 0 N–H and O–H groups in total. The van der Waals surface area contributed by atoms with E-state index >= 15 is 0 Å². The van der Waals surface area contributed by atoms with Crippen molar-refractivity contribution in [2.24, 2.45) is 5.92 Å². The number of nitrogens with zero attached hydrogens (tertiary/aromatic N) is 4. The summed E-state index contributed by atoms with van der Waals surface area (Å²) in [6.07, 6.45) is 3.97. The molecule has 2 fully saturated rings. The summed E-state index contributed by atoms with van der Waals surface area (Å²) in [4.78, 5) is 25.0. The fourth-order valence-corrected chi connectivity index (χ4v) is 2.99. The number of ether oxygens (including phenoxy) is 2. The number of amides is 1. The standard InChI is InChI=1S/C16H24N4O3/c1-19(15(21)11-4-5-11)12-6-8-20(9-7-12)16-17-13(22-2)10-14(18-16)23-3/h10-12H,4-9H2,1-3H3. The number of methoxy groups -OCH3 is 2. The Morgan fingerprint density at radius 1 is 1.13 bits per heavy atom. The molecule has 0 radical (unpaired) electrons. The molecule has 3 rings (SSSR count). The highest BCUT2D eigenvalue weighted by Gasteiger charge is 2.35. The van der Waals surface area contributed by atoms with E-state index in [0.29, 0.717) is 29.7 Å². The zero-order valence-electron chi connectivity index (χ0n) is 14.0. The summed E-state index contributed by atoms with van der Waals surface area (Å²) >= 11 is 0. The molecule has 0 unspecified atom stereocenters. The molecule has 1 amide bonds. The molecule has 0 aromatic carbocycles. The van der Waals surface area contributed by atoms with Crippen LogP contribution in [0, 0.1) is 5.92 Å². The number of carbonyl (C=O) groups excluding carboxylic acids is 1. The number of anilines is 1. The number of hydrogen-bond acceptors (Lipinski definition) is 6. The Balaban J connectivity index is 1.63. The number of piperidine rings is 1. The predicted octanol–water partition coefficient (Wildman–Crippen LogP) is 1.33. The second-order valence-corrected chi connectivity index (χ2v) is 6.19. The highest BCUT2D eigenvalue weighted by Crippen LogP contribution is 2.32. The van der Waals surface area contributed by atoms with Crippen LogP contribution >= 0.6 is 0 Å². The van der Waals surface area contributed by atoms with Gasteiger partial charge in [0.1, 0.15) is 0 Å². The first-order valence-corrected chi connectivity index (χ1v) is 8.11. The third-order valence-electron chi connectivity index (χ3n) is 4.65. The number of carbonyl (C=O) groups is 1. The Kier molecular flexibility index (Phi) is 4.54. The highest BCUT2D eigenvalue weighted by atomic mass is 16.5. The fraction of sp³-hybridized carbons (Fsp3) is 0.688. The third kappa shape index (κ3) is 3.48.